The summed E-state index contributed by atoms with van der Waals surface area (Å²) in [5.41, 5.74) is 2.15. The number of carbonyl (C=O) groups is 3. The third-order valence-corrected chi connectivity index (χ3v) is 5.43. The highest BCUT2D eigenvalue weighted by molar-refractivity contribution is 5.97. The van der Waals surface area contributed by atoms with Crippen LogP contribution in [0.5, 0.6) is 0 Å². The van der Waals surface area contributed by atoms with Crippen molar-refractivity contribution >= 4 is 23.6 Å². The van der Waals surface area contributed by atoms with E-state index in [2.05, 4.69) is 5.32 Å². The first-order valence-electron chi connectivity index (χ1n) is 9.27. The van der Waals surface area contributed by atoms with Gasteiger partial charge in [0.25, 0.3) is 5.91 Å². The van der Waals surface area contributed by atoms with E-state index >= 15 is 0 Å². The maximum Gasteiger partial charge on any atom is 0.321 e. The standard InChI is InChI=1S/C21H21N3O4/c25-19(15-6-8-16(9-7-15)24-11-10-22-21(24)28)23-12-17(18(13-23)20(26)27)14-4-2-1-3-5-14/h1-9,17-18H,10-13H2,(H,22,28)(H,26,27)/t17-,18-/m1/s1. The molecule has 2 atom stereocenters. The maximum absolute atomic E-state index is 12.9. The Morgan fingerprint density at radius 1 is 1.00 bits per heavy atom. The molecule has 2 aromatic rings. The molecule has 0 radical (unpaired) electrons. The van der Waals surface area contributed by atoms with Crippen molar-refractivity contribution in [2.75, 3.05) is 31.1 Å². The fourth-order valence-corrected chi connectivity index (χ4v) is 3.94. The molecule has 7 heteroatoms. The van der Waals surface area contributed by atoms with E-state index in [9.17, 15) is 19.5 Å². The molecule has 2 N–H and O–H groups in total. The summed E-state index contributed by atoms with van der Waals surface area (Å²) in [6, 6.07) is 16.2. The van der Waals surface area contributed by atoms with Crippen LogP contribution in [0.4, 0.5) is 10.5 Å². The van der Waals surface area contributed by atoms with E-state index in [1.54, 1.807) is 34.1 Å². The Labute approximate surface area is 162 Å². The fourth-order valence-electron chi connectivity index (χ4n) is 3.94. The van der Waals surface area contributed by atoms with Gasteiger partial charge in [-0.3, -0.25) is 14.5 Å². The van der Waals surface area contributed by atoms with E-state index in [4.69, 9.17) is 0 Å². The van der Waals surface area contributed by atoms with Crippen LogP contribution in [0.15, 0.2) is 54.6 Å². The monoisotopic (exact) mass is 379 g/mol. The van der Waals surface area contributed by atoms with Crippen LogP contribution in [0.1, 0.15) is 21.8 Å². The van der Waals surface area contributed by atoms with Crippen LogP contribution in [0.2, 0.25) is 0 Å². The minimum absolute atomic E-state index is 0.145. The minimum Gasteiger partial charge on any atom is -0.481 e. The lowest BCUT2D eigenvalue weighted by Gasteiger charge is -2.18. The quantitative estimate of drug-likeness (QED) is 0.852. The van der Waals surface area contributed by atoms with Crippen molar-refractivity contribution in [1.82, 2.24) is 10.2 Å². The van der Waals surface area contributed by atoms with Gasteiger partial charge in [0.2, 0.25) is 0 Å². The summed E-state index contributed by atoms with van der Waals surface area (Å²) >= 11 is 0. The van der Waals surface area contributed by atoms with Gasteiger partial charge in [-0.2, -0.15) is 0 Å². The van der Waals surface area contributed by atoms with Crippen molar-refractivity contribution in [2.45, 2.75) is 5.92 Å². The number of amides is 3. The van der Waals surface area contributed by atoms with E-state index in [1.807, 2.05) is 30.3 Å². The molecule has 2 aliphatic rings. The highest BCUT2D eigenvalue weighted by Gasteiger charge is 2.40. The number of benzene rings is 2. The number of carbonyl (C=O) groups excluding carboxylic acids is 2. The number of hydrogen-bond donors (Lipinski definition) is 2. The van der Waals surface area contributed by atoms with Crippen molar-refractivity contribution in [3.05, 3.63) is 65.7 Å². The van der Waals surface area contributed by atoms with Crippen LogP contribution in [0.3, 0.4) is 0 Å². The fraction of sp³-hybridized carbons (Fsp3) is 0.286. The Kier molecular flexibility index (Phi) is 4.73. The highest BCUT2D eigenvalue weighted by Crippen LogP contribution is 2.33. The summed E-state index contributed by atoms with van der Waals surface area (Å²) in [6.07, 6.45) is 0. The molecule has 0 spiro atoms. The number of carboxylic acids is 1. The van der Waals surface area contributed by atoms with Gasteiger partial charge in [-0.05, 0) is 29.8 Å². The van der Waals surface area contributed by atoms with Crippen molar-refractivity contribution in [1.29, 1.82) is 0 Å². The molecule has 3 amide bonds. The predicted octanol–water partition coefficient (Wildman–Crippen LogP) is 2.16. The number of hydrogen-bond acceptors (Lipinski definition) is 3. The summed E-state index contributed by atoms with van der Waals surface area (Å²) in [5.74, 6) is -1.93. The molecule has 2 heterocycles. The molecule has 28 heavy (non-hydrogen) atoms. The van der Waals surface area contributed by atoms with E-state index in [0.717, 1.165) is 11.3 Å². The Balaban J connectivity index is 1.51. The molecule has 0 aromatic heterocycles. The Morgan fingerprint density at radius 3 is 2.32 bits per heavy atom. The van der Waals surface area contributed by atoms with Gasteiger partial charge in [0, 0.05) is 43.3 Å². The molecule has 0 bridgehead atoms. The molecule has 7 nitrogen and oxygen atoms in total. The topological polar surface area (TPSA) is 89.9 Å². The van der Waals surface area contributed by atoms with E-state index in [1.165, 1.54) is 0 Å². The SMILES string of the molecule is O=C(O)[C@@H]1CN(C(=O)c2ccc(N3CCNC3=O)cc2)C[C@@H]1c1ccccc1. The number of nitrogens with zero attached hydrogens (tertiary/aromatic N) is 2. The van der Waals surface area contributed by atoms with Gasteiger partial charge in [0.05, 0.1) is 5.92 Å². The molecule has 2 aromatic carbocycles. The second kappa shape index (κ2) is 7.34. The molecule has 2 fully saturated rings. The first-order valence-corrected chi connectivity index (χ1v) is 9.27. The third-order valence-electron chi connectivity index (χ3n) is 5.43. The van der Waals surface area contributed by atoms with E-state index in [0.29, 0.717) is 25.2 Å². The number of anilines is 1. The van der Waals surface area contributed by atoms with Gasteiger partial charge in [0.1, 0.15) is 0 Å². The number of urea groups is 1. The largest absolute Gasteiger partial charge is 0.481 e. The Hall–Kier alpha value is -3.35. The predicted molar refractivity (Wildman–Crippen MR) is 103 cm³/mol. The molecule has 0 aliphatic carbocycles. The van der Waals surface area contributed by atoms with Gasteiger partial charge >= 0.3 is 12.0 Å². The summed E-state index contributed by atoms with van der Waals surface area (Å²) in [4.78, 5) is 39.6. The normalized spacial score (nSPS) is 21.6. The number of rotatable bonds is 4. The molecule has 2 saturated heterocycles. The molecular formula is C21H21N3O4. The second-order valence-electron chi connectivity index (χ2n) is 7.10. The molecule has 2 aliphatic heterocycles. The first kappa shape index (κ1) is 18.0. The second-order valence-corrected chi connectivity index (χ2v) is 7.10. The lowest BCUT2D eigenvalue weighted by molar-refractivity contribution is -0.141. The van der Waals surface area contributed by atoms with Gasteiger partial charge in [-0.15, -0.1) is 0 Å². The molecule has 4 rings (SSSR count). The van der Waals surface area contributed by atoms with E-state index < -0.39 is 11.9 Å². The zero-order chi connectivity index (χ0) is 19.7. The number of aliphatic carboxylic acids is 1. The van der Waals surface area contributed by atoms with Crippen LogP contribution in [0.25, 0.3) is 0 Å². The number of nitrogens with one attached hydrogen (secondary N) is 1. The molecule has 0 saturated carbocycles. The molecule has 144 valence electrons. The van der Waals surface area contributed by atoms with Crippen LogP contribution in [-0.2, 0) is 4.79 Å². The molecular weight excluding hydrogens is 358 g/mol. The van der Waals surface area contributed by atoms with E-state index in [-0.39, 0.29) is 24.4 Å². The zero-order valence-corrected chi connectivity index (χ0v) is 15.2. The average Bonchev–Trinajstić information content (AvgIpc) is 3.35. The Bertz CT molecular complexity index is 898. The maximum atomic E-state index is 12.9. The van der Waals surface area contributed by atoms with Crippen molar-refractivity contribution in [3.8, 4) is 0 Å². The minimum atomic E-state index is -0.889. The summed E-state index contributed by atoms with van der Waals surface area (Å²) in [6.45, 7) is 1.75. The summed E-state index contributed by atoms with van der Waals surface area (Å²) in [5, 5.41) is 12.4. The average molecular weight is 379 g/mol. The van der Waals surface area contributed by atoms with Crippen molar-refractivity contribution in [3.63, 3.8) is 0 Å². The van der Waals surface area contributed by atoms with Gasteiger partial charge in [-0.25, -0.2) is 4.79 Å². The molecule has 0 unspecified atom stereocenters. The highest BCUT2D eigenvalue weighted by atomic mass is 16.4. The van der Waals surface area contributed by atoms with Crippen molar-refractivity contribution in [2.24, 2.45) is 5.92 Å². The first-order chi connectivity index (χ1) is 13.5. The number of carboxylic acid groups (broad SMARTS) is 1. The summed E-state index contributed by atoms with van der Waals surface area (Å²) < 4.78 is 0. The van der Waals surface area contributed by atoms with Crippen molar-refractivity contribution < 1.29 is 19.5 Å². The van der Waals surface area contributed by atoms with Gasteiger partial charge in [-0.1, -0.05) is 30.3 Å². The van der Waals surface area contributed by atoms with Crippen LogP contribution in [0, 0.1) is 5.92 Å². The lowest BCUT2D eigenvalue weighted by atomic mass is 9.89. The number of likely N-dealkylation sites (tertiary alicyclic amines) is 1. The van der Waals surface area contributed by atoms with Gasteiger partial charge < -0.3 is 15.3 Å². The van der Waals surface area contributed by atoms with Gasteiger partial charge in [0.15, 0.2) is 0 Å². The van der Waals surface area contributed by atoms with Crippen LogP contribution in [-0.4, -0.2) is 54.1 Å². The third kappa shape index (κ3) is 3.31. The Morgan fingerprint density at radius 2 is 1.71 bits per heavy atom. The summed E-state index contributed by atoms with van der Waals surface area (Å²) in [7, 11) is 0. The van der Waals surface area contributed by atoms with Crippen LogP contribution >= 0.6 is 0 Å². The lowest BCUT2D eigenvalue weighted by Crippen LogP contribution is -2.30. The van der Waals surface area contributed by atoms with Crippen LogP contribution < -0.4 is 10.2 Å². The zero-order valence-electron chi connectivity index (χ0n) is 15.2. The smallest absolute Gasteiger partial charge is 0.321 e.